The molecule has 322 valence electrons. The Kier molecular flexibility index (Phi) is 13.6. The molecule has 8 heteroatoms. The summed E-state index contributed by atoms with van der Waals surface area (Å²) < 4.78 is 13.4. The minimum atomic E-state index is -0.724. The van der Waals surface area contributed by atoms with E-state index in [2.05, 4.69) is 120 Å². The number of unbranched alkanes of at least 4 members (excludes halogenated alkanes) is 2. The van der Waals surface area contributed by atoms with Crippen molar-refractivity contribution in [3.05, 3.63) is 120 Å². The zero-order valence-corrected chi connectivity index (χ0v) is 35.9. The second kappa shape index (κ2) is 20.4. The van der Waals surface area contributed by atoms with E-state index in [0.29, 0.717) is 51.7 Å². The maximum Gasteiger partial charge on any atom is 0.303 e. The molecule has 1 saturated heterocycles. The molecule has 1 fully saturated rings. The van der Waals surface area contributed by atoms with Gasteiger partial charge in [0.2, 0.25) is 13.2 Å². The number of hydrogen-bond donors (Lipinski definition) is 4. The van der Waals surface area contributed by atoms with Crippen LogP contribution < -0.4 is 5.32 Å². The van der Waals surface area contributed by atoms with Crippen molar-refractivity contribution in [1.29, 1.82) is 1.43 Å². The van der Waals surface area contributed by atoms with Crippen molar-refractivity contribution < 1.29 is 31.1 Å². The number of nitrogens with zero attached hydrogens (tertiary/aromatic N) is 1. The molecule has 8 aromatic carbocycles. The number of rotatable bonds is 15. The van der Waals surface area contributed by atoms with Gasteiger partial charge in [0.05, 0.1) is 0 Å². The highest BCUT2D eigenvalue weighted by Crippen LogP contribution is 2.38. The molecule has 1 aliphatic rings. The van der Waals surface area contributed by atoms with Gasteiger partial charge in [0.1, 0.15) is 0 Å². The van der Waals surface area contributed by atoms with Gasteiger partial charge < -0.3 is 25.5 Å². The number of aliphatic carboxylic acids is 1. The van der Waals surface area contributed by atoms with Crippen LogP contribution in [0.2, 0.25) is 0 Å². The normalized spacial score (nSPS) is 14.1. The summed E-state index contributed by atoms with van der Waals surface area (Å²) in [5.41, 5.74) is 2.22. The Morgan fingerprint density at radius 1 is 0.645 bits per heavy atom. The summed E-state index contributed by atoms with van der Waals surface area (Å²) in [5.74, 6) is -0.459. The number of hydrogen-bond acceptors (Lipinski definition) is 5. The molecular weight excluding hydrogens is 773 g/mol. The standard InChI is InChI=1S/C33H40N2O3.C20H16O2.CH4O/c1-33(23-36)18-21-35(22-19-33)30(38)11-3-2-4-20-34-29(37)10-6-7-24-12-13-27-15-14-25-8-5-9-26-16-17-28(24)32(27)31(25)26;21-18(22)6-2-3-13-7-8-16-10-9-14-4-1-5-15-11-12-17(13)20(16)19(14)15;1-2/h5,8-9,12-17,36H,2-4,6-7,10-11,18-23H2,1H3,(H,34,37);1,4-5,7-12H,2-3,6H2,(H,21,22);2H,1H3/i1D;;2T. The second-order valence-corrected chi connectivity index (χ2v) is 17.0. The summed E-state index contributed by atoms with van der Waals surface area (Å²) in [6, 6.07) is 39.1. The van der Waals surface area contributed by atoms with Crippen molar-refractivity contribution in [3.8, 4) is 0 Å². The maximum absolute atomic E-state index is 12.5. The van der Waals surface area contributed by atoms with Gasteiger partial charge >= 0.3 is 5.97 Å². The lowest BCUT2D eigenvalue weighted by Crippen LogP contribution is -2.43. The highest BCUT2D eigenvalue weighted by molar-refractivity contribution is 6.24. The van der Waals surface area contributed by atoms with E-state index in [1.54, 1.807) is 0 Å². The van der Waals surface area contributed by atoms with Crippen LogP contribution in [0.3, 0.4) is 0 Å². The van der Waals surface area contributed by atoms with Crippen molar-refractivity contribution in [1.82, 2.24) is 10.2 Å². The predicted molar refractivity (Wildman–Crippen MR) is 254 cm³/mol. The SMILES string of the molecule is O=C(O)CCCc1ccc2ccc3cccc4ccc1c2c34.[2H]CC1(CO)CCN(C(=O)CCCCCNC(=O)CCCc2ccc3ccc4cccc5ccc2c3c45)CC1.[3H]OC. The number of nitrogens with one attached hydrogen (secondary N) is 1. The molecule has 0 saturated carbocycles. The van der Waals surface area contributed by atoms with E-state index in [1.165, 1.54) is 82.9 Å². The number of aliphatic hydroxyl groups excluding tert-OH is 2. The molecule has 9 rings (SSSR count). The highest BCUT2D eigenvalue weighted by Gasteiger charge is 2.31. The number of likely N-dealkylation sites (tertiary alicyclic amines) is 1. The van der Waals surface area contributed by atoms with E-state index >= 15 is 0 Å². The summed E-state index contributed by atoms with van der Waals surface area (Å²) in [6.07, 6.45) is 8.48. The average molecular weight is 836 g/mol. The third-order valence-corrected chi connectivity index (χ3v) is 12.8. The predicted octanol–water partition coefficient (Wildman–Crippen LogP) is 10.8. The quantitative estimate of drug-likeness (QED) is 0.0602. The first-order valence-electron chi connectivity index (χ1n) is 23.3. The van der Waals surface area contributed by atoms with E-state index in [1.807, 2.05) is 4.90 Å². The molecule has 0 spiro atoms. The monoisotopic (exact) mass is 835 g/mol. The number of carboxylic acid groups (broad SMARTS) is 1. The summed E-state index contributed by atoms with van der Waals surface area (Å²) in [7, 11) is 1.29. The van der Waals surface area contributed by atoms with Crippen molar-refractivity contribution in [2.75, 3.05) is 33.4 Å². The van der Waals surface area contributed by atoms with Crippen LogP contribution in [0.15, 0.2) is 109 Å². The van der Waals surface area contributed by atoms with Gasteiger partial charge in [-0.05, 0) is 133 Å². The van der Waals surface area contributed by atoms with Crippen LogP contribution in [0, 0.1) is 5.41 Å². The summed E-state index contributed by atoms with van der Waals surface area (Å²) >= 11 is 0. The van der Waals surface area contributed by atoms with E-state index in [0.717, 1.165) is 38.5 Å². The zero-order valence-electron chi connectivity index (χ0n) is 37.9. The van der Waals surface area contributed by atoms with Crippen LogP contribution in [0.25, 0.3) is 64.6 Å². The highest BCUT2D eigenvalue weighted by atomic mass is 16.4. The topological polar surface area (TPSA) is 127 Å². The van der Waals surface area contributed by atoms with Gasteiger partial charge in [-0.3, -0.25) is 14.4 Å². The summed E-state index contributed by atoms with van der Waals surface area (Å²) in [4.78, 5) is 37.5. The van der Waals surface area contributed by atoms with Crippen molar-refractivity contribution >= 4 is 82.4 Å². The Labute approximate surface area is 367 Å². The Hall–Kier alpha value is -5.83. The van der Waals surface area contributed by atoms with Crippen LogP contribution >= 0.6 is 0 Å². The maximum atomic E-state index is 12.5. The van der Waals surface area contributed by atoms with E-state index < -0.39 is 5.97 Å². The molecular formula is C54H60N2O6. The smallest absolute Gasteiger partial charge is 0.303 e. The Morgan fingerprint density at radius 3 is 1.60 bits per heavy atom. The van der Waals surface area contributed by atoms with Crippen molar-refractivity contribution in [2.45, 2.75) is 83.9 Å². The fourth-order valence-corrected chi connectivity index (χ4v) is 9.34. The lowest BCUT2D eigenvalue weighted by Gasteiger charge is -2.38. The molecule has 8 aromatic rings. The fourth-order valence-electron chi connectivity index (χ4n) is 9.34. The summed E-state index contributed by atoms with van der Waals surface area (Å²) in [5, 5.41) is 40.4. The van der Waals surface area contributed by atoms with Gasteiger partial charge in [0, 0.05) is 54.0 Å². The van der Waals surface area contributed by atoms with Crippen LogP contribution in [-0.4, -0.2) is 72.8 Å². The Bertz CT molecular complexity index is 2780. The first-order valence-corrected chi connectivity index (χ1v) is 22.2. The van der Waals surface area contributed by atoms with E-state index in [-0.39, 0.29) is 37.2 Å². The van der Waals surface area contributed by atoms with Gasteiger partial charge in [-0.25, -0.2) is 0 Å². The van der Waals surface area contributed by atoms with Crippen LogP contribution in [0.1, 0.15) is 83.6 Å². The number of aryl methyl sites for hydroxylation is 2. The van der Waals surface area contributed by atoms with Gasteiger partial charge in [-0.15, -0.1) is 0 Å². The molecule has 0 bridgehead atoms. The third-order valence-electron chi connectivity index (χ3n) is 12.8. The van der Waals surface area contributed by atoms with Gasteiger partial charge in [0.25, 0.3) is 0 Å². The second-order valence-electron chi connectivity index (χ2n) is 17.0. The van der Waals surface area contributed by atoms with Crippen LogP contribution in [0.5, 0.6) is 0 Å². The number of carbonyl (C=O) groups is 3. The van der Waals surface area contributed by atoms with Crippen molar-refractivity contribution in [3.63, 3.8) is 0 Å². The molecule has 4 N–H and O–H groups in total. The Morgan fingerprint density at radius 2 is 1.11 bits per heavy atom. The molecule has 0 aromatic heterocycles. The molecule has 0 atom stereocenters. The van der Waals surface area contributed by atoms with E-state index in [4.69, 9.17) is 7.91 Å². The first kappa shape index (κ1) is 41.5. The minimum absolute atomic E-state index is 0.0320. The zero-order chi connectivity index (χ0) is 45.1. The van der Waals surface area contributed by atoms with Crippen LogP contribution in [-0.2, 0) is 27.2 Å². The number of piperidine rings is 1. The summed E-state index contributed by atoms with van der Waals surface area (Å²) in [6.45, 7) is 2.19. The Balaban J connectivity index is 0.000000205. The van der Waals surface area contributed by atoms with Crippen molar-refractivity contribution in [2.24, 2.45) is 5.41 Å². The molecule has 0 unspecified atom stereocenters. The molecule has 1 heterocycles. The number of amides is 2. The number of carboxylic acids is 1. The van der Waals surface area contributed by atoms with Gasteiger partial charge in [0.15, 0.2) is 0 Å². The lowest BCUT2D eigenvalue weighted by molar-refractivity contribution is -0.137. The number of carbonyl (C=O) groups excluding carboxylic acids is 2. The minimum Gasteiger partial charge on any atom is -0.481 e. The van der Waals surface area contributed by atoms with Gasteiger partial charge in [-0.2, -0.15) is 0 Å². The molecule has 8 nitrogen and oxygen atoms in total. The fraction of sp³-hybridized carbons (Fsp3) is 0.352. The third kappa shape index (κ3) is 9.93. The largest absolute Gasteiger partial charge is 0.481 e. The van der Waals surface area contributed by atoms with E-state index in [9.17, 15) is 19.5 Å². The molecule has 2 amide bonds. The average Bonchev–Trinajstić information content (AvgIpc) is 3.32. The molecule has 1 aliphatic heterocycles. The van der Waals surface area contributed by atoms with Gasteiger partial charge in [-0.1, -0.05) is 123 Å². The number of benzene rings is 8. The number of aliphatic hydroxyl groups is 2. The van der Waals surface area contributed by atoms with Crippen LogP contribution in [0.4, 0.5) is 0 Å². The molecule has 0 aliphatic carbocycles. The molecule has 0 radical (unpaired) electrons. The lowest BCUT2D eigenvalue weighted by atomic mass is 9.81. The first-order chi connectivity index (χ1) is 31.2. The molecule has 62 heavy (non-hydrogen) atoms.